The minimum absolute atomic E-state index is 0.0422. The van der Waals surface area contributed by atoms with Gasteiger partial charge in [-0.3, -0.25) is 4.90 Å². The first kappa shape index (κ1) is 17.1. The van der Waals surface area contributed by atoms with Gasteiger partial charge in [0.15, 0.2) is 0 Å². The maximum absolute atomic E-state index is 11.5. The Morgan fingerprint density at radius 2 is 2.07 bits per heavy atom. The lowest BCUT2D eigenvalue weighted by atomic mass is 9.72. The molecule has 27 heavy (non-hydrogen) atoms. The number of thiazole rings is 1. The molecule has 1 aliphatic heterocycles. The van der Waals surface area contributed by atoms with Crippen molar-refractivity contribution in [2.45, 2.75) is 43.9 Å². The zero-order valence-corrected chi connectivity index (χ0v) is 16.3. The van der Waals surface area contributed by atoms with Gasteiger partial charge in [-0.15, -0.1) is 11.3 Å². The largest absolute Gasteiger partial charge is 0.390 e. The summed E-state index contributed by atoms with van der Waals surface area (Å²) in [5.41, 5.74) is 2.41. The fourth-order valence-electron chi connectivity index (χ4n) is 4.97. The van der Waals surface area contributed by atoms with Crippen LogP contribution >= 0.6 is 11.3 Å². The number of likely N-dealkylation sites (tertiary alicyclic amines) is 1. The summed E-state index contributed by atoms with van der Waals surface area (Å²) in [5, 5.41) is 12.6. The smallest absolute Gasteiger partial charge is 0.0952 e. The highest BCUT2D eigenvalue weighted by molar-refractivity contribution is 7.11. The van der Waals surface area contributed by atoms with Gasteiger partial charge in [0.1, 0.15) is 0 Å². The Bertz CT molecular complexity index is 927. The minimum atomic E-state index is -0.420. The van der Waals surface area contributed by atoms with Crippen molar-refractivity contribution >= 4 is 11.3 Å². The second-order valence-corrected chi connectivity index (χ2v) is 9.08. The molecule has 0 saturated carbocycles. The maximum atomic E-state index is 11.5. The van der Waals surface area contributed by atoms with Gasteiger partial charge in [0.05, 0.1) is 23.5 Å². The summed E-state index contributed by atoms with van der Waals surface area (Å²) in [6, 6.07) is 8.54. The van der Waals surface area contributed by atoms with E-state index in [1.54, 1.807) is 17.5 Å². The fraction of sp³-hybridized carbons (Fsp3) is 0.429. The van der Waals surface area contributed by atoms with E-state index in [1.165, 1.54) is 16.0 Å². The second kappa shape index (κ2) is 6.55. The molecule has 5 nitrogen and oxygen atoms in total. The molecule has 0 amide bonds. The number of hydrogen-bond acceptors (Lipinski definition) is 5. The van der Waals surface area contributed by atoms with E-state index < -0.39 is 6.10 Å². The maximum Gasteiger partial charge on any atom is 0.0952 e. The van der Waals surface area contributed by atoms with Gasteiger partial charge in [-0.2, -0.15) is 0 Å². The molecule has 140 valence electrons. The Hall–Kier alpha value is -2.02. The Kier molecular flexibility index (Phi) is 4.15. The van der Waals surface area contributed by atoms with Crippen LogP contribution in [0.15, 0.2) is 49.2 Å². The van der Waals surface area contributed by atoms with Gasteiger partial charge in [0, 0.05) is 35.4 Å². The van der Waals surface area contributed by atoms with E-state index in [-0.39, 0.29) is 11.5 Å². The molecule has 2 aromatic heterocycles. The number of imidazole rings is 1. The molecule has 2 aliphatic rings. The summed E-state index contributed by atoms with van der Waals surface area (Å²) in [5.74, 6) is 0. The monoisotopic (exact) mass is 380 g/mol. The zero-order valence-electron chi connectivity index (χ0n) is 15.5. The number of hydrogen-bond donors (Lipinski definition) is 1. The van der Waals surface area contributed by atoms with E-state index >= 15 is 0 Å². The lowest BCUT2D eigenvalue weighted by molar-refractivity contribution is 0.0207. The standard InChI is InChI=1S/C21H24N4OS/c1-15-23-12-16(27-15)13-24-9-6-21(7-10-24)18-5-3-2-4-17(18)19(20(21)26)25-11-8-22-14-25/h2-5,8,11-12,14,19-20,26H,6-7,9-10,13H2,1H3/t19-,20+/m1/s1. The molecule has 1 spiro atoms. The van der Waals surface area contributed by atoms with Crippen LogP contribution in [0.3, 0.4) is 0 Å². The second-order valence-electron chi connectivity index (χ2n) is 7.76. The molecule has 5 rings (SSSR count). The third-order valence-corrected chi connectivity index (χ3v) is 7.22. The molecular formula is C21H24N4OS. The summed E-state index contributed by atoms with van der Waals surface area (Å²) in [4.78, 5) is 12.4. The lowest BCUT2D eigenvalue weighted by Gasteiger charge is -2.42. The van der Waals surface area contributed by atoms with Crippen LogP contribution in [0.2, 0.25) is 0 Å². The molecule has 3 heterocycles. The van der Waals surface area contributed by atoms with Crippen molar-refractivity contribution in [3.05, 3.63) is 70.2 Å². The quantitative estimate of drug-likeness (QED) is 0.758. The van der Waals surface area contributed by atoms with Crippen LogP contribution in [0.25, 0.3) is 0 Å². The Labute approximate surface area is 163 Å². The van der Waals surface area contributed by atoms with Gasteiger partial charge in [-0.1, -0.05) is 24.3 Å². The van der Waals surface area contributed by atoms with E-state index in [2.05, 4.69) is 50.6 Å². The normalized spacial score (nSPS) is 24.4. The number of fused-ring (bicyclic) bond motifs is 2. The van der Waals surface area contributed by atoms with E-state index in [1.807, 2.05) is 18.7 Å². The highest BCUT2D eigenvalue weighted by Gasteiger charge is 2.52. The van der Waals surface area contributed by atoms with Crippen molar-refractivity contribution in [2.24, 2.45) is 0 Å². The third kappa shape index (κ3) is 2.74. The van der Waals surface area contributed by atoms with Crippen molar-refractivity contribution in [1.29, 1.82) is 0 Å². The summed E-state index contributed by atoms with van der Waals surface area (Å²) in [6.45, 7) is 5.02. The first-order valence-corrected chi connectivity index (χ1v) is 10.4. The first-order valence-electron chi connectivity index (χ1n) is 9.56. The van der Waals surface area contributed by atoms with Crippen LogP contribution in [0, 0.1) is 6.92 Å². The van der Waals surface area contributed by atoms with Crippen LogP contribution in [0.5, 0.6) is 0 Å². The third-order valence-electron chi connectivity index (χ3n) is 6.32. The predicted molar refractivity (Wildman–Crippen MR) is 106 cm³/mol. The van der Waals surface area contributed by atoms with Gasteiger partial charge in [0.25, 0.3) is 0 Å². The average Bonchev–Trinajstić information content (AvgIpc) is 3.39. The van der Waals surface area contributed by atoms with Gasteiger partial charge < -0.3 is 9.67 Å². The number of benzene rings is 1. The zero-order chi connectivity index (χ0) is 18.4. The van der Waals surface area contributed by atoms with E-state index in [4.69, 9.17) is 0 Å². The molecule has 2 atom stereocenters. The molecule has 1 N–H and O–H groups in total. The molecule has 0 bridgehead atoms. The Morgan fingerprint density at radius 1 is 1.26 bits per heavy atom. The number of aliphatic hydroxyl groups is 1. The van der Waals surface area contributed by atoms with E-state index in [9.17, 15) is 5.11 Å². The Morgan fingerprint density at radius 3 is 2.78 bits per heavy atom. The molecule has 0 unspecified atom stereocenters. The van der Waals surface area contributed by atoms with Crippen LogP contribution in [0.1, 0.15) is 39.9 Å². The van der Waals surface area contributed by atoms with Crippen molar-refractivity contribution < 1.29 is 5.11 Å². The first-order chi connectivity index (χ1) is 13.2. The number of nitrogens with zero attached hydrogens (tertiary/aromatic N) is 4. The SMILES string of the molecule is Cc1ncc(CN2CCC3(CC2)c2ccccc2[C@@H](n2ccnc2)[C@@H]3O)s1. The average molecular weight is 381 g/mol. The number of piperidine rings is 1. The van der Waals surface area contributed by atoms with Crippen LogP contribution < -0.4 is 0 Å². The van der Waals surface area contributed by atoms with Crippen LogP contribution in [-0.4, -0.2) is 43.7 Å². The van der Waals surface area contributed by atoms with Crippen molar-refractivity contribution in [3.8, 4) is 0 Å². The van der Waals surface area contributed by atoms with Gasteiger partial charge >= 0.3 is 0 Å². The Balaban J connectivity index is 1.41. The summed E-state index contributed by atoms with van der Waals surface area (Å²) in [7, 11) is 0. The van der Waals surface area contributed by atoms with E-state index in [0.717, 1.165) is 37.5 Å². The van der Waals surface area contributed by atoms with Crippen LogP contribution in [0.4, 0.5) is 0 Å². The summed E-state index contributed by atoms with van der Waals surface area (Å²) >= 11 is 1.78. The molecule has 1 aliphatic carbocycles. The lowest BCUT2D eigenvalue weighted by Crippen LogP contribution is -2.48. The van der Waals surface area contributed by atoms with Crippen molar-refractivity contribution in [2.75, 3.05) is 13.1 Å². The van der Waals surface area contributed by atoms with Gasteiger partial charge in [-0.25, -0.2) is 9.97 Å². The fourth-order valence-corrected chi connectivity index (χ4v) is 5.81. The molecule has 0 radical (unpaired) electrons. The van der Waals surface area contributed by atoms with Gasteiger partial charge in [0.2, 0.25) is 0 Å². The van der Waals surface area contributed by atoms with Crippen LogP contribution in [-0.2, 0) is 12.0 Å². The number of aryl methyl sites for hydroxylation is 1. The van der Waals surface area contributed by atoms with Gasteiger partial charge in [-0.05, 0) is 44.0 Å². The number of rotatable bonds is 3. The minimum Gasteiger partial charge on any atom is -0.390 e. The molecular weight excluding hydrogens is 356 g/mol. The number of aromatic nitrogens is 3. The molecule has 1 aromatic carbocycles. The molecule has 1 fully saturated rings. The van der Waals surface area contributed by atoms with Crippen molar-refractivity contribution in [1.82, 2.24) is 19.4 Å². The topological polar surface area (TPSA) is 54.2 Å². The molecule has 6 heteroatoms. The summed E-state index contributed by atoms with van der Waals surface area (Å²) < 4.78 is 2.06. The highest BCUT2D eigenvalue weighted by Crippen LogP contribution is 2.52. The molecule has 3 aromatic rings. The highest BCUT2D eigenvalue weighted by atomic mass is 32.1. The molecule has 1 saturated heterocycles. The van der Waals surface area contributed by atoms with E-state index in [0.29, 0.717) is 0 Å². The van der Waals surface area contributed by atoms with Crippen molar-refractivity contribution in [3.63, 3.8) is 0 Å². The predicted octanol–water partition coefficient (Wildman–Crippen LogP) is 3.15. The number of aliphatic hydroxyl groups excluding tert-OH is 1. The summed E-state index contributed by atoms with van der Waals surface area (Å²) in [6.07, 6.45) is 9.12.